The van der Waals surface area contributed by atoms with E-state index in [1.54, 1.807) is 0 Å². The third-order valence-electron chi connectivity index (χ3n) is 3.91. The van der Waals surface area contributed by atoms with E-state index in [1.807, 2.05) is 6.07 Å². The average molecular weight is 250 g/mol. The quantitative estimate of drug-likeness (QED) is 0.768. The van der Waals surface area contributed by atoms with Crippen molar-refractivity contribution in [3.8, 4) is 0 Å². The fraction of sp³-hybridized carbons (Fsp3) is 0.600. The summed E-state index contributed by atoms with van der Waals surface area (Å²) in [4.78, 5) is 0. The molecule has 1 aliphatic carbocycles. The van der Waals surface area contributed by atoms with Gasteiger partial charge in [-0.1, -0.05) is 43.2 Å². The molecule has 1 atom stereocenters. The molecule has 0 spiro atoms. The molecule has 1 aromatic rings. The molecule has 2 heteroatoms. The van der Waals surface area contributed by atoms with Crippen LogP contribution < -0.4 is 0 Å². The lowest BCUT2D eigenvalue weighted by Crippen LogP contribution is -2.26. The smallest absolute Gasteiger partial charge is 0.0797 e. The summed E-state index contributed by atoms with van der Waals surface area (Å²) in [6.07, 6.45) is 5.41. The van der Waals surface area contributed by atoms with Crippen molar-refractivity contribution in [1.82, 2.24) is 0 Å². The molecule has 0 saturated heterocycles. The van der Waals surface area contributed by atoms with Crippen LogP contribution in [0.4, 0.5) is 0 Å². The Balaban J connectivity index is 1.89. The highest BCUT2D eigenvalue weighted by Crippen LogP contribution is 2.40. The van der Waals surface area contributed by atoms with E-state index in [4.69, 9.17) is 4.74 Å². The van der Waals surface area contributed by atoms with Gasteiger partial charge in [0.1, 0.15) is 0 Å². The van der Waals surface area contributed by atoms with Gasteiger partial charge in [-0.25, -0.2) is 0 Å². The third kappa shape index (κ3) is 3.26. The number of benzene rings is 1. The van der Waals surface area contributed by atoms with Gasteiger partial charge in [0.15, 0.2) is 0 Å². The highest BCUT2D eigenvalue weighted by molar-refractivity contribution is 7.80. The number of ether oxygens (including phenoxy) is 1. The fourth-order valence-corrected chi connectivity index (χ4v) is 3.00. The van der Waals surface area contributed by atoms with Gasteiger partial charge in [0.25, 0.3) is 0 Å². The molecule has 1 fully saturated rings. The van der Waals surface area contributed by atoms with Crippen molar-refractivity contribution in [2.24, 2.45) is 5.41 Å². The molecule has 0 aromatic heterocycles. The first-order valence-electron chi connectivity index (χ1n) is 6.53. The minimum Gasteiger partial charge on any atom is -0.373 e. The van der Waals surface area contributed by atoms with Crippen LogP contribution in [0.15, 0.2) is 30.3 Å². The molecule has 0 heterocycles. The lowest BCUT2D eigenvalue weighted by atomic mass is 9.89. The number of hydrogen-bond donors (Lipinski definition) is 1. The minimum absolute atomic E-state index is 0.188. The fourth-order valence-electron chi connectivity index (χ4n) is 2.60. The van der Waals surface area contributed by atoms with Crippen LogP contribution >= 0.6 is 12.6 Å². The van der Waals surface area contributed by atoms with E-state index >= 15 is 0 Å². The van der Waals surface area contributed by atoms with Crippen LogP contribution in [0.1, 0.15) is 44.3 Å². The number of thiol groups is 1. The lowest BCUT2D eigenvalue weighted by molar-refractivity contribution is 0.00876. The molecule has 1 unspecified atom stereocenters. The van der Waals surface area contributed by atoms with Crippen molar-refractivity contribution in [3.05, 3.63) is 35.9 Å². The summed E-state index contributed by atoms with van der Waals surface area (Å²) in [5.74, 6) is 0.953. The van der Waals surface area contributed by atoms with Crippen LogP contribution in [-0.2, 0) is 4.74 Å². The Hall–Kier alpha value is -0.470. The molecular formula is C15H22OS. The molecule has 2 rings (SSSR count). The van der Waals surface area contributed by atoms with Gasteiger partial charge >= 0.3 is 0 Å². The van der Waals surface area contributed by atoms with E-state index in [0.29, 0.717) is 5.41 Å². The molecule has 0 aliphatic heterocycles. The Morgan fingerprint density at radius 3 is 2.47 bits per heavy atom. The van der Waals surface area contributed by atoms with E-state index < -0.39 is 0 Å². The normalized spacial score (nSPS) is 20.4. The van der Waals surface area contributed by atoms with Gasteiger partial charge < -0.3 is 4.74 Å². The second-order valence-corrected chi connectivity index (χ2v) is 5.55. The minimum atomic E-state index is 0.188. The Labute approximate surface area is 110 Å². The predicted octanol–water partition coefficient (Wildman–Crippen LogP) is 4.25. The summed E-state index contributed by atoms with van der Waals surface area (Å²) in [5.41, 5.74) is 1.60. The average Bonchev–Trinajstić information content (AvgIpc) is 2.86. The van der Waals surface area contributed by atoms with Gasteiger partial charge in [-0.05, 0) is 31.1 Å². The highest BCUT2D eigenvalue weighted by atomic mass is 32.1. The van der Waals surface area contributed by atoms with Crippen molar-refractivity contribution in [3.63, 3.8) is 0 Å². The van der Waals surface area contributed by atoms with Crippen molar-refractivity contribution in [1.29, 1.82) is 0 Å². The van der Waals surface area contributed by atoms with E-state index in [0.717, 1.165) is 12.4 Å². The molecule has 0 amide bonds. The zero-order valence-corrected chi connectivity index (χ0v) is 11.5. The monoisotopic (exact) mass is 250 g/mol. The maximum atomic E-state index is 6.06. The molecule has 1 aromatic carbocycles. The largest absolute Gasteiger partial charge is 0.373 e. The highest BCUT2D eigenvalue weighted by Gasteiger charge is 2.33. The Kier molecular flexibility index (Phi) is 4.52. The van der Waals surface area contributed by atoms with E-state index in [9.17, 15) is 0 Å². The molecule has 94 valence electrons. The van der Waals surface area contributed by atoms with Gasteiger partial charge in [0.2, 0.25) is 0 Å². The molecule has 0 N–H and O–H groups in total. The van der Waals surface area contributed by atoms with Crippen molar-refractivity contribution < 1.29 is 4.74 Å². The topological polar surface area (TPSA) is 9.23 Å². The summed E-state index contributed by atoms with van der Waals surface area (Å²) < 4.78 is 6.06. The summed E-state index contributed by atoms with van der Waals surface area (Å²) in [6, 6.07) is 10.4. The van der Waals surface area contributed by atoms with Crippen molar-refractivity contribution >= 4 is 12.6 Å². The summed E-state index contributed by atoms with van der Waals surface area (Å²) in [5, 5.41) is 0. The van der Waals surface area contributed by atoms with Crippen LogP contribution in [0.5, 0.6) is 0 Å². The van der Waals surface area contributed by atoms with Gasteiger partial charge in [-0.2, -0.15) is 12.6 Å². The first-order chi connectivity index (χ1) is 8.26. The molecule has 0 radical (unpaired) electrons. The van der Waals surface area contributed by atoms with Crippen LogP contribution in [-0.4, -0.2) is 12.4 Å². The van der Waals surface area contributed by atoms with E-state index in [2.05, 4.69) is 43.8 Å². The Morgan fingerprint density at radius 2 is 1.88 bits per heavy atom. The Morgan fingerprint density at radius 1 is 1.24 bits per heavy atom. The molecule has 0 bridgehead atoms. The standard InChI is InChI=1S/C15H22OS/c1-13(14-7-3-2-4-8-14)16-11-15(12-17)9-5-6-10-15/h2-4,7-8,13,17H,5-6,9-12H2,1H3. The summed E-state index contributed by atoms with van der Waals surface area (Å²) in [6.45, 7) is 2.99. The van der Waals surface area contributed by atoms with E-state index in [1.165, 1.54) is 31.2 Å². The molecule has 1 saturated carbocycles. The SMILES string of the molecule is CC(OCC1(CS)CCCC1)c1ccccc1. The van der Waals surface area contributed by atoms with Gasteiger partial charge in [0, 0.05) is 5.41 Å². The molecule has 1 nitrogen and oxygen atoms in total. The third-order valence-corrected chi connectivity index (χ3v) is 4.58. The first-order valence-corrected chi connectivity index (χ1v) is 7.16. The van der Waals surface area contributed by atoms with Crippen molar-refractivity contribution in [2.45, 2.75) is 38.7 Å². The number of rotatable bonds is 5. The zero-order chi connectivity index (χ0) is 12.1. The maximum absolute atomic E-state index is 6.06. The predicted molar refractivity (Wildman–Crippen MR) is 75.6 cm³/mol. The van der Waals surface area contributed by atoms with Crippen LogP contribution in [0.2, 0.25) is 0 Å². The second kappa shape index (κ2) is 5.92. The second-order valence-electron chi connectivity index (χ2n) is 5.23. The van der Waals surface area contributed by atoms with Crippen LogP contribution in [0.3, 0.4) is 0 Å². The Bertz CT molecular complexity index is 330. The summed E-state index contributed by atoms with van der Waals surface area (Å²) >= 11 is 4.51. The van der Waals surface area contributed by atoms with Gasteiger partial charge in [0.05, 0.1) is 12.7 Å². The molecule has 17 heavy (non-hydrogen) atoms. The first kappa shape index (κ1) is 13.0. The summed E-state index contributed by atoms with van der Waals surface area (Å²) in [7, 11) is 0. The van der Waals surface area contributed by atoms with Gasteiger partial charge in [-0.3, -0.25) is 0 Å². The van der Waals surface area contributed by atoms with Crippen LogP contribution in [0.25, 0.3) is 0 Å². The van der Waals surface area contributed by atoms with Gasteiger partial charge in [-0.15, -0.1) is 0 Å². The molecule has 1 aliphatic rings. The maximum Gasteiger partial charge on any atom is 0.0797 e. The molecular weight excluding hydrogens is 228 g/mol. The number of hydrogen-bond acceptors (Lipinski definition) is 2. The lowest BCUT2D eigenvalue weighted by Gasteiger charge is -2.28. The van der Waals surface area contributed by atoms with Crippen LogP contribution in [0, 0.1) is 5.41 Å². The van der Waals surface area contributed by atoms with Crippen molar-refractivity contribution in [2.75, 3.05) is 12.4 Å². The zero-order valence-electron chi connectivity index (χ0n) is 10.6. The van der Waals surface area contributed by atoms with E-state index in [-0.39, 0.29) is 6.10 Å².